The van der Waals surface area contributed by atoms with Crippen LogP contribution in [0.25, 0.3) is 0 Å². The van der Waals surface area contributed by atoms with Crippen molar-refractivity contribution in [2.45, 2.75) is 57.8 Å². The molecule has 0 aliphatic carbocycles. The molecule has 1 saturated heterocycles. The maximum atomic E-state index is 13.8. The first kappa shape index (κ1) is 29.7. The highest BCUT2D eigenvalue weighted by atomic mass is 35.5. The van der Waals surface area contributed by atoms with Crippen molar-refractivity contribution < 1.29 is 24.2 Å². The zero-order valence-corrected chi connectivity index (χ0v) is 25.2. The number of primary amides is 1. The van der Waals surface area contributed by atoms with Gasteiger partial charge < -0.3 is 30.1 Å². The molecule has 0 bridgehead atoms. The number of aliphatic hydroxyl groups is 1. The van der Waals surface area contributed by atoms with Crippen molar-refractivity contribution in [1.82, 2.24) is 4.90 Å². The highest BCUT2D eigenvalue weighted by molar-refractivity contribution is 6.30. The molecule has 2 atom stereocenters. The van der Waals surface area contributed by atoms with E-state index in [-0.39, 0.29) is 24.3 Å². The van der Waals surface area contributed by atoms with Crippen LogP contribution < -0.4 is 20.1 Å². The Balaban J connectivity index is 1.52. The van der Waals surface area contributed by atoms with Crippen LogP contribution in [0.5, 0.6) is 11.5 Å². The molecule has 1 unspecified atom stereocenters. The maximum absolute atomic E-state index is 13.8. The molecule has 5 rings (SSSR count). The number of ether oxygens (including phenoxy) is 2. The molecule has 8 nitrogen and oxygen atoms in total. The van der Waals surface area contributed by atoms with Crippen LogP contribution >= 0.6 is 11.6 Å². The lowest BCUT2D eigenvalue weighted by atomic mass is 9.77. The number of likely N-dealkylation sites (tertiary alicyclic amines) is 1. The number of methoxy groups -OCH3 is 1. The van der Waals surface area contributed by atoms with E-state index in [2.05, 4.69) is 0 Å². The smallest absolute Gasteiger partial charge is 0.314 e. The van der Waals surface area contributed by atoms with Crippen LogP contribution in [0.3, 0.4) is 0 Å². The summed E-state index contributed by atoms with van der Waals surface area (Å²) in [6, 6.07) is 18.1. The summed E-state index contributed by atoms with van der Waals surface area (Å²) in [6.07, 6.45) is 1.45. The van der Waals surface area contributed by atoms with Gasteiger partial charge in [0.05, 0.1) is 31.3 Å². The molecule has 0 saturated carbocycles. The van der Waals surface area contributed by atoms with Gasteiger partial charge in [-0.2, -0.15) is 0 Å². The van der Waals surface area contributed by atoms with E-state index in [0.717, 1.165) is 27.9 Å². The lowest BCUT2D eigenvalue weighted by Gasteiger charge is -2.40. The van der Waals surface area contributed by atoms with E-state index >= 15 is 0 Å². The van der Waals surface area contributed by atoms with Crippen molar-refractivity contribution in [3.05, 3.63) is 87.9 Å². The van der Waals surface area contributed by atoms with Gasteiger partial charge in [0.25, 0.3) is 0 Å². The van der Waals surface area contributed by atoms with Gasteiger partial charge in [0.2, 0.25) is 5.91 Å². The minimum atomic E-state index is -1.10. The fraction of sp³-hybridized carbons (Fsp3) is 0.394. The third kappa shape index (κ3) is 5.78. The highest BCUT2D eigenvalue weighted by Gasteiger charge is 2.39. The van der Waals surface area contributed by atoms with Gasteiger partial charge in [-0.15, -0.1) is 0 Å². The zero-order chi connectivity index (χ0) is 30.2. The van der Waals surface area contributed by atoms with Crippen LogP contribution in [-0.4, -0.2) is 48.2 Å². The Bertz CT molecular complexity index is 1450. The topological polar surface area (TPSA) is 105 Å². The number of nitrogens with two attached hydrogens (primary N) is 1. The van der Waals surface area contributed by atoms with Gasteiger partial charge in [0, 0.05) is 23.8 Å². The Morgan fingerprint density at radius 2 is 1.69 bits per heavy atom. The molecule has 1 fully saturated rings. The Kier molecular flexibility index (Phi) is 8.39. The molecule has 0 aromatic heterocycles. The van der Waals surface area contributed by atoms with Crippen LogP contribution in [0.4, 0.5) is 10.5 Å². The number of carbonyl (C=O) groups excluding carboxylic acids is 2. The second kappa shape index (κ2) is 11.9. The van der Waals surface area contributed by atoms with Gasteiger partial charge in [-0.25, -0.2) is 4.79 Å². The van der Waals surface area contributed by atoms with Gasteiger partial charge in [-0.05, 0) is 98.2 Å². The number of urea groups is 1. The SMILES string of the molecule is COc1cc2c(cc1OC(C)C)[C@H](c1ccc(Cl)cc1)N(c1ccc(C(C)(O)C3CCN(C(N)=O)CC3)cc1)C(=O)C2. The number of anilines is 1. The second-order valence-electron chi connectivity index (χ2n) is 11.6. The number of hydrogen-bond acceptors (Lipinski definition) is 5. The predicted molar refractivity (Wildman–Crippen MR) is 163 cm³/mol. The third-order valence-electron chi connectivity index (χ3n) is 8.47. The Morgan fingerprint density at radius 3 is 2.26 bits per heavy atom. The minimum absolute atomic E-state index is 0.0291. The van der Waals surface area contributed by atoms with Crippen molar-refractivity contribution >= 4 is 29.2 Å². The van der Waals surface area contributed by atoms with Crippen molar-refractivity contribution in [2.24, 2.45) is 11.7 Å². The third-order valence-corrected chi connectivity index (χ3v) is 8.72. The van der Waals surface area contributed by atoms with Crippen molar-refractivity contribution in [1.29, 1.82) is 0 Å². The van der Waals surface area contributed by atoms with Crippen molar-refractivity contribution in [3.63, 3.8) is 0 Å². The lowest BCUT2D eigenvalue weighted by Crippen LogP contribution is -2.46. The normalized spacial score (nSPS) is 18.9. The van der Waals surface area contributed by atoms with E-state index in [0.29, 0.717) is 42.5 Å². The lowest BCUT2D eigenvalue weighted by molar-refractivity contribution is -0.118. The largest absolute Gasteiger partial charge is 0.493 e. The number of rotatable bonds is 7. The number of benzene rings is 3. The minimum Gasteiger partial charge on any atom is -0.493 e. The highest BCUT2D eigenvalue weighted by Crippen LogP contribution is 2.44. The predicted octanol–water partition coefficient (Wildman–Crippen LogP) is 5.81. The Labute approximate surface area is 252 Å². The van der Waals surface area contributed by atoms with Crippen LogP contribution in [0, 0.1) is 5.92 Å². The summed E-state index contributed by atoms with van der Waals surface area (Å²) in [6.45, 7) is 6.78. The van der Waals surface area contributed by atoms with Gasteiger partial charge in [0.15, 0.2) is 11.5 Å². The molecular formula is C33H38ClN3O5. The molecule has 42 heavy (non-hydrogen) atoms. The molecule has 2 heterocycles. The number of fused-ring (bicyclic) bond motifs is 1. The fourth-order valence-electron chi connectivity index (χ4n) is 6.19. The number of amides is 3. The van der Waals surface area contributed by atoms with Crippen LogP contribution in [0.1, 0.15) is 61.9 Å². The van der Waals surface area contributed by atoms with E-state index < -0.39 is 17.7 Å². The van der Waals surface area contributed by atoms with E-state index in [9.17, 15) is 14.7 Å². The average Bonchev–Trinajstić information content (AvgIpc) is 2.96. The average molecular weight is 592 g/mol. The first-order valence-corrected chi connectivity index (χ1v) is 14.7. The molecule has 2 aliphatic heterocycles. The summed E-state index contributed by atoms with van der Waals surface area (Å²) in [5.41, 5.74) is 8.55. The van der Waals surface area contributed by atoms with Gasteiger partial charge in [-0.1, -0.05) is 35.9 Å². The molecule has 3 amide bonds. The zero-order valence-electron chi connectivity index (χ0n) is 24.5. The maximum Gasteiger partial charge on any atom is 0.314 e. The second-order valence-corrected chi connectivity index (χ2v) is 12.0. The summed E-state index contributed by atoms with van der Waals surface area (Å²) in [4.78, 5) is 28.8. The van der Waals surface area contributed by atoms with Gasteiger partial charge >= 0.3 is 6.03 Å². The van der Waals surface area contributed by atoms with E-state index in [1.165, 1.54) is 0 Å². The molecular weight excluding hydrogens is 554 g/mol. The number of halogens is 1. The van der Waals surface area contributed by atoms with E-state index in [1.54, 1.807) is 16.9 Å². The Hall–Kier alpha value is -3.75. The number of hydrogen-bond donors (Lipinski definition) is 2. The molecule has 222 valence electrons. The monoisotopic (exact) mass is 591 g/mol. The van der Waals surface area contributed by atoms with Gasteiger partial charge in [-0.3, -0.25) is 4.79 Å². The molecule has 0 spiro atoms. The van der Waals surface area contributed by atoms with Gasteiger partial charge in [0.1, 0.15) is 0 Å². The summed E-state index contributed by atoms with van der Waals surface area (Å²) in [5.74, 6) is 1.12. The van der Waals surface area contributed by atoms with Crippen molar-refractivity contribution in [2.75, 3.05) is 25.1 Å². The first-order valence-electron chi connectivity index (χ1n) is 14.3. The van der Waals surface area contributed by atoms with E-state index in [1.807, 2.05) is 81.4 Å². The number of piperidine rings is 1. The summed E-state index contributed by atoms with van der Waals surface area (Å²) < 4.78 is 11.7. The van der Waals surface area contributed by atoms with Crippen molar-refractivity contribution in [3.8, 4) is 11.5 Å². The molecule has 3 aromatic carbocycles. The molecule has 0 radical (unpaired) electrons. The molecule has 3 N–H and O–H groups in total. The van der Waals surface area contributed by atoms with Crippen LogP contribution in [-0.2, 0) is 16.8 Å². The summed E-state index contributed by atoms with van der Waals surface area (Å²) >= 11 is 6.24. The quantitative estimate of drug-likeness (QED) is 0.361. The molecule has 3 aromatic rings. The van der Waals surface area contributed by atoms with Crippen LogP contribution in [0.2, 0.25) is 5.02 Å². The summed E-state index contributed by atoms with van der Waals surface area (Å²) in [7, 11) is 1.60. The standard InChI is InChI=1S/C33H38ClN3O5/c1-20(2)42-29-19-27-22(17-28(29)41-4)18-30(38)37(31(27)21-5-9-25(34)10-6-21)26-11-7-23(8-12-26)33(3,40)24-13-15-36(16-14-24)32(35)39/h5-12,17,19-20,24,31,40H,13-16,18H2,1-4H3,(H2,35,39)/t31-,33?/m0/s1. The van der Waals surface area contributed by atoms with Crippen LogP contribution in [0.15, 0.2) is 60.7 Å². The number of carbonyl (C=O) groups is 2. The molecule has 2 aliphatic rings. The fourth-order valence-corrected chi connectivity index (χ4v) is 6.31. The first-order chi connectivity index (χ1) is 20.0. The Morgan fingerprint density at radius 1 is 1.05 bits per heavy atom. The van der Waals surface area contributed by atoms with E-state index in [4.69, 9.17) is 26.8 Å². The number of nitrogens with zero attached hydrogens (tertiary/aromatic N) is 2. The molecule has 9 heteroatoms. The summed E-state index contributed by atoms with van der Waals surface area (Å²) in [5, 5.41) is 12.2.